The van der Waals surface area contributed by atoms with Crippen LogP contribution in [-0.2, 0) is 33.2 Å². The van der Waals surface area contributed by atoms with Crippen molar-refractivity contribution in [1.29, 1.82) is 0 Å². The molecule has 24 heteroatoms. The van der Waals surface area contributed by atoms with Crippen molar-refractivity contribution in [2.45, 2.75) is 130 Å². The number of hydrogen-bond donors (Lipinski definition) is 13. The van der Waals surface area contributed by atoms with Crippen molar-refractivity contribution in [3.8, 4) is 28.6 Å². The predicted molar refractivity (Wildman–Crippen MR) is 207 cm³/mol. The Bertz CT molecular complexity index is 2070. The maximum atomic E-state index is 13.5. The Hall–Kier alpha value is -3.71. The Kier molecular flexibility index (Phi) is 15.1. The summed E-state index contributed by atoms with van der Waals surface area (Å²) in [6, 6.07) is 9.77. The van der Waals surface area contributed by atoms with E-state index in [0.717, 1.165) is 12.1 Å². The van der Waals surface area contributed by atoms with Crippen LogP contribution in [0.3, 0.4) is 0 Å². The topological polar surface area (TPSA) is 376 Å². The van der Waals surface area contributed by atoms with Crippen LogP contribution >= 0.6 is 0 Å². The van der Waals surface area contributed by atoms with Crippen LogP contribution < -0.4 is 14.9 Å². The van der Waals surface area contributed by atoms with Gasteiger partial charge in [-0.25, -0.2) is 0 Å². The van der Waals surface area contributed by atoms with E-state index in [1.807, 2.05) is 0 Å². The molecule has 4 aliphatic heterocycles. The minimum atomic E-state index is -2.10. The summed E-state index contributed by atoms with van der Waals surface area (Å²) >= 11 is 0. The largest absolute Gasteiger partial charge is 0.507 e. The number of benzene rings is 2. The van der Waals surface area contributed by atoms with Gasteiger partial charge >= 0.3 is 0 Å². The second-order valence-electron chi connectivity index (χ2n) is 15.8. The molecule has 3 aromatic rings. The van der Waals surface area contributed by atoms with Crippen LogP contribution in [0.25, 0.3) is 22.3 Å². The second-order valence-corrected chi connectivity index (χ2v) is 15.8. The standard InChI is InChI=1S/C40H52O24/c1-13-24(45)28(49)32(53)37(57-13)56-12-22-27(48)31(52)35(64-40-36(30(51)26(47)21(11-42)61-40)63-38-33(54)29(50)25(46)20(10-41)60-38)39(62-22)59-18-8-7-16(43)23-17(44)9-19(58-34(18)23)14-3-5-15(55-2)6-4-14/h3-9,13,20-22,24-33,35-43,45-54H,10-12H2,1-2H3/t13-,20+,21+,22+,24-,25+,26+,27+,28+,29-,30-,31-,32+,33+,35+,36+,37+,38-,39+,40-/m0/s1. The summed E-state index contributed by atoms with van der Waals surface area (Å²) < 4.78 is 57.8. The van der Waals surface area contributed by atoms with Gasteiger partial charge in [0.2, 0.25) is 6.29 Å². The number of aliphatic hydroxyl groups excluding tert-OH is 12. The van der Waals surface area contributed by atoms with Crippen molar-refractivity contribution in [3.05, 3.63) is 52.7 Å². The molecule has 24 nitrogen and oxygen atoms in total. The molecule has 356 valence electrons. The Morgan fingerprint density at radius 1 is 0.594 bits per heavy atom. The third-order valence-electron chi connectivity index (χ3n) is 11.6. The molecule has 0 radical (unpaired) electrons. The van der Waals surface area contributed by atoms with Crippen molar-refractivity contribution >= 4 is 11.0 Å². The molecule has 0 spiro atoms. The number of rotatable bonds is 13. The van der Waals surface area contributed by atoms with E-state index in [1.54, 1.807) is 24.3 Å². The van der Waals surface area contributed by atoms with Crippen LogP contribution in [-0.4, -0.2) is 216 Å². The molecular formula is C40H52O24. The summed E-state index contributed by atoms with van der Waals surface area (Å²) in [5, 5.41) is 138. The normalized spacial score (nSPS) is 40.6. The van der Waals surface area contributed by atoms with Crippen molar-refractivity contribution in [2.24, 2.45) is 0 Å². The first-order valence-corrected chi connectivity index (χ1v) is 20.2. The molecule has 20 atom stereocenters. The Balaban J connectivity index is 1.24. The molecule has 4 fully saturated rings. The minimum Gasteiger partial charge on any atom is -0.507 e. The van der Waals surface area contributed by atoms with E-state index in [2.05, 4.69) is 0 Å². The number of fused-ring (bicyclic) bond motifs is 1. The SMILES string of the molecule is COc1ccc(-c2cc(=O)c3c(O)ccc(O[C@@H]4O[C@H](CO[C@@H]5O[C@@H](C)[C@H](O)[C@@H](O)[C@H]5O)[C@@H](O)[C@H](O)[C@H]4O[C@@H]4O[C@H](CO)[C@@H](O)[C@H](O)[C@H]4O[C@@H]4O[C@H](CO)[C@@H](O)[C@H](O)[C@H]4O)c3o2)cc1. The smallest absolute Gasteiger partial charge is 0.229 e. The highest BCUT2D eigenvalue weighted by Gasteiger charge is 2.55. The molecule has 64 heavy (non-hydrogen) atoms. The van der Waals surface area contributed by atoms with Crippen LogP contribution in [0.1, 0.15) is 6.92 Å². The average Bonchev–Trinajstić information content (AvgIpc) is 3.29. The summed E-state index contributed by atoms with van der Waals surface area (Å²) in [5.74, 6) is -0.332. The number of phenolic OH excluding ortho intramolecular Hbond substituents is 1. The number of aliphatic hydroxyl groups is 12. The van der Waals surface area contributed by atoms with E-state index in [1.165, 1.54) is 20.1 Å². The van der Waals surface area contributed by atoms with E-state index in [-0.39, 0.29) is 22.5 Å². The van der Waals surface area contributed by atoms with Crippen molar-refractivity contribution in [3.63, 3.8) is 0 Å². The van der Waals surface area contributed by atoms with Gasteiger partial charge < -0.3 is 113 Å². The molecule has 0 aliphatic carbocycles. The molecule has 0 bridgehead atoms. The maximum Gasteiger partial charge on any atom is 0.229 e. The lowest BCUT2D eigenvalue weighted by Gasteiger charge is -2.48. The molecule has 0 unspecified atom stereocenters. The monoisotopic (exact) mass is 916 g/mol. The Morgan fingerprint density at radius 3 is 1.78 bits per heavy atom. The van der Waals surface area contributed by atoms with E-state index < -0.39 is 154 Å². The number of aromatic hydroxyl groups is 1. The fourth-order valence-corrected chi connectivity index (χ4v) is 7.76. The number of ether oxygens (including phenoxy) is 9. The van der Waals surface area contributed by atoms with Crippen LogP contribution in [0.5, 0.6) is 17.2 Å². The first-order valence-electron chi connectivity index (χ1n) is 20.2. The lowest BCUT2D eigenvalue weighted by molar-refractivity contribution is -0.390. The molecule has 4 saturated heterocycles. The summed E-state index contributed by atoms with van der Waals surface area (Å²) in [6.07, 6.45) is -35.9. The molecule has 2 aromatic carbocycles. The number of phenols is 1. The van der Waals surface area contributed by atoms with E-state index in [9.17, 15) is 71.2 Å². The summed E-state index contributed by atoms with van der Waals surface area (Å²) in [5.41, 5.74) is -0.655. The molecular weight excluding hydrogens is 864 g/mol. The van der Waals surface area contributed by atoms with E-state index >= 15 is 0 Å². The second kappa shape index (κ2) is 20.0. The first-order chi connectivity index (χ1) is 30.5. The third kappa shape index (κ3) is 9.45. The Morgan fingerprint density at radius 2 is 1.14 bits per heavy atom. The highest BCUT2D eigenvalue weighted by molar-refractivity contribution is 5.89. The fraction of sp³-hybridized carbons (Fsp3) is 0.625. The van der Waals surface area contributed by atoms with Crippen molar-refractivity contribution in [2.75, 3.05) is 26.9 Å². The number of hydrogen-bond acceptors (Lipinski definition) is 24. The molecule has 7 rings (SSSR count). The molecule has 5 heterocycles. The van der Waals surface area contributed by atoms with E-state index in [0.29, 0.717) is 11.3 Å². The lowest BCUT2D eigenvalue weighted by atomic mass is 9.96. The third-order valence-corrected chi connectivity index (χ3v) is 11.6. The molecule has 0 saturated carbocycles. The zero-order valence-corrected chi connectivity index (χ0v) is 34.0. The molecule has 4 aliphatic rings. The predicted octanol–water partition coefficient (Wildman–Crippen LogP) is -5.15. The first kappa shape index (κ1) is 48.2. The highest BCUT2D eigenvalue weighted by Crippen LogP contribution is 2.38. The highest BCUT2D eigenvalue weighted by atomic mass is 16.8. The zero-order valence-electron chi connectivity index (χ0n) is 34.0. The van der Waals surface area contributed by atoms with Crippen LogP contribution in [0.2, 0.25) is 0 Å². The molecule has 0 amide bonds. The average molecular weight is 917 g/mol. The van der Waals surface area contributed by atoms with Gasteiger partial charge in [0, 0.05) is 11.6 Å². The summed E-state index contributed by atoms with van der Waals surface area (Å²) in [6.45, 7) is -1.09. The van der Waals surface area contributed by atoms with Crippen molar-refractivity contribution in [1.82, 2.24) is 0 Å². The van der Waals surface area contributed by atoms with Crippen LogP contribution in [0, 0.1) is 0 Å². The van der Waals surface area contributed by atoms with Gasteiger partial charge in [0.25, 0.3) is 0 Å². The van der Waals surface area contributed by atoms with E-state index in [4.69, 9.17) is 47.0 Å². The fourth-order valence-electron chi connectivity index (χ4n) is 7.76. The summed E-state index contributed by atoms with van der Waals surface area (Å²) in [7, 11) is 1.46. The molecule has 13 N–H and O–H groups in total. The van der Waals surface area contributed by atoms with Gasteiger partial charge in [0.15, 0.2) is 41.7 Å². The lowest BCUT2D eigenvalue weighted by Crippen LogP contribution is -2.67. The van der Waals surface area contributed by atoms with Crippen LogP contribution in [0.15, 0.2) is 51.7 Å². The minimum absolute atomic E-state index is 0.00801. The van der Waals surface area contributed by atoms with Gasteiger partial charge in [0.1, 0.15) is 108 Å². The molecule has 1 aromatic heterocycles. The number of methoxy groups -OCH3 is 1. The summed E-state index contributed by atoms with van der Waals surface area (Å²) in [4.78, 5) is 13.5. The zero-order chi connectivity index (χ0) is 46.3. The van der Waals surface area contributed by atoms with Gasteiger partial charge in [0.05, 0.1) is 33.0 Å². The van der Waals surface area contributed by atoms with Crippen LogP contribution in [0.4, 0.5) is 0 Å². The Labute approximate surface area is 362 Å². The van der Waals surface area contributed by atoms with Gasteiger partial charge in [-0.2, -0.15) is 0 Å². The van der Waals surface area contributed by atoms with Gasteiger partial charge in [-0.05, 0) is 43.3 Å². The van der Waals surface area contributed by atoms with Crippen molar-refractivity contribution < 1.29 is 113 Å². The quantitative estimate of drug-likeness (QED) is 0.0762. The van der Waals surface area contributed by atoms with Gasteiger partial charge in [-0.3, -0.25) is 4.79 Å². The van der Waals surface area contributed by atoms with Gasteiger partial charge in [-0.15, -0.1) is 0 Å². The maximum absolute atomic E-state index is 13.5. The van der Waals surface area contributed by atoms with Gasteiger partial charge in [-0.1, -0.05) is 0 Å².